The zero-order valence-corrected chi connectivity index (χ0v) is 9.67. The summed E-state index contributed by atoms with van der Waals surface area (Å²) < 4.78 is 0. The first kappa shape index (κ1) is 10.7. The monoisotopic (exact) mass is 221 g/mol. The van der Waals surface area contributed by atoms with E-state index in [0.29, 0.717) is 12.2 Å². The van der Waals surface area contributed by atoms with Crippen LogP contribution in [0.3, 0.4) is 0 Å². The minimum atomic E-state index is 0.117. The number of thioether (sulfide) groups is 1. The molecule has 80 valence electrons. The van der Waals surface area contributed by atoms with Crippen molar-refractivity contribution in [2.75, 3.05) is 20.1 Å². The van der Waals surface area contributed by atoms with E-state index < -0.39 is 0 Å². The maximum Gasteiger partial charge on any atom is 0.148 e. The van der Waals surface area contributed by atoms with Crippen LogP contribution in [-0.4, -0.2) is 36.1 Å². The Bertz CT molecular complexity index is 339. The predicted molar refractivity (Wildman–Crippen MR) is 63.2 cm³/mol. The Hall–Kier alpha value is -0.800. The van der Waals surface area contributed by atoms with E-state index in [0.717, 1.165) is 13.1 Å². The second-order valence-corrected chi connectivity index (χ2v) is 5.17. The molecule has 0 N–H and O–H groups in total. The van der Waals surface area contributed by atoms with Crippen molar-refractivity contribution in [3.8, 4) is 0 Å². The maximum atomic E-state index is 11.7. The molecule has 1 aliphatic rings. The fraction of sp³-hybridized carbons (Fsp3) is 0.417. The largest absolute Gasteiger partial charge is 0.304 e. The molecule has 1 aromatic carbocycles. The van der Waals surface area contributed by atoms with Crippen LogP contribution in [0.4, 0.5) is 0 Å². The van der Waals surface area contributed by atoms with Gasteiger partial charge in [0.2, 0.25) is 0 Å². The first-order valence-corrected chi connectivity index (χ1v) is 6.06. The molecule has 1 saturated heterocycles. The summed E-state index contributed by atoms with van der Waals surface area (Å²) in [5.41, 5.74) is 0. The molecule has 0 aromatic heterocycles. The second-order valence-electron chi connectivity index (χ2n) is 3.90. The molecule has 1 atom stereocenters. The predicted octanol–water partition coefficient (Wildman–Crippen LogP) is 2.05. The number of carbonyl (C=O) groups excluding carboxylic acids is 1. The summed E-state index contributed by atoms with van der Waals surface area (Å²) in [4.78, 5) is 15.1. The van der Waals surface area contributed by atoms with E-state index in [1.165, 1.54) is 4.90 Å². The Morgan fingerprint density at radius 2 is 2.07 bits per heavy atom. The third kappa shape index (κ3) is 2.83. The minimum Gasteiger partial charge on any atom is -0.304 e. The van der Waals surface area contributed by atoms with E-state index in [1.807, 2.05) is 18.2 Å². The number of ketones is 1. The molecule has 1 aliphatic heterocycles. The van der Waals surface area contributed by atoms with Crippen LogP contribution in [0.1, 0.15) is 6.42 Å². The van der Waals surface area contributed by atoms with Gasteiger partial charge in [0.15, 0.2) is 0 Å². The van der Waals surface area contributed by atoms with Crippen molar-refractivity contribution in [2.45, 2.75) is 16.6 Å². The average molecular weight is 221 g/mol. The standard InChI is InChI=1S/C12H15NOS/c1-13-8-7-11(14)12(9-13)15-10-5-3-2-4-6-10/h2-6,12H,7-9H2,1H3. The van der Waals surface area contributed by atoms with E-state index in [1.54, 1.807) is 11.8 Å². The molecular weight excluding hydrogens is 206 g/mol. The van der Waals surface area contributed by atoms with Crippen LogP contribution in [0.15, 0.2) is 35.2 Å². The molecule has 1 unspecified atom stereocenters. The lowest BCUT2D eigenvalue weighted by molar-refractivity contribution is -0.120. The lowest BCUT2D eigenvalue weighted by Gasteiger charge is -2.28. The molecular formula is C12H15NOS. The molecule has 1 fully saturated rings. The number of carbonyl (C=O) groups is 1. The molecule has 0 saturated carbocycles. The van der Waals surface area contributed by atoms with Crippen molar-refractivity contribution in [1.82, 2.24) is 4.90 Å². The molecule has 3 heteroatoms. The molecule has 0 spiro atoms. The number of piperidine rings is 1. The highest BCUT2D eigenvalue weighted by Gasteiger charge is 2.25. The van der Waals surface area contributed by atoms with Crippen LogP contribution in [0.2, 0.25) is 0 Å². The third-order valence-electron chi connectivity index (χ3n) is 2.60. The van der Waals surface area contributed by atoms with E-state index >= 15 is 0 Å². The molecule has 0 aliphatic carbocycles. The van der Waals surface area contributed by atoms with Crippen LogP contribution in [0.25, 0.3) is 0 Å². The lowest BCUT2D eigenvalue weighted by atomic mass is 10.1. The lowest BCUT2D eigenvalue weighted by Crippen LogP contribution is -2.40. The Kier molecular flexibility index (Phi) is 3.44. The summed E-state index contributed by atoms with van der Waals surface area (Å²) in [5, 5.41) is 0.117. The van der Waals surface area contributed by atoms with Gasteiger partial charge >= 0.3 is 0 Å². The van der Waals surface area contributed by atoms with Crippen molar-refractivity contribution < 1.29 is 4.79 Å². The van der Waals surface area contributed by atoms with Crippen LogP contribution in [-0.2, 0) is 4.79 Å². The zero-order valence-electron chi connectivity index (χ0n) is 8.85. The van der Waals surface area contributed by atoms with E-state index in [2.05, 4.69) is 24.1 Å². The zero-order chi connectivity index (χ0) is 10.7. The van der Waals surface area contributed by atoms with Gasteiger partial charge in [-0.25, -0.2) is 0 Å². The van der Waals surface area contributed by atoms with Crippen LogP contribution < -0.4 is 0 Å². The third-order valence-corrected chi connectivity index (χ3v) is 3.84. The van der Waals surface area contributed by atoms with Gasteiger partial charge < -0.3 is 4.90 Å². The van der Waals surface area contributed by atoms with E-state index in [-0.39, 0.29) is 5.25 Å². The van der Waals surface area contributed by atoms with Crippen molar-refractivity contribution in [2.24, 2.45) is 0 Å². The SMILES string of the molecule is CN1CCC(=O)C(Sc2ccccc2)C1. The smallest absolute Gasteiger partial charge is 0.148 e. The highest BCUT2D eigenvalue weighted by atomic mass is 32.2. The van der Waals surface area contributed by atoms with Gasteiger partial charge in [0, 0.05) is 24.4 Å². The van der Waals surface area contributed by atoms with E-state index in [4.69, 9.17) is 0 Å². The Morgan fingerprint density at radius 1 is 1.33 bits per heavy atom. The molecule has 0 amide bonds. The number of hydrogen-bond acceptors (Lipinski definition) is 3. The molecule has 0 radical (unpaired) electrons. The summed E-state index contributed by atoms with van der Waals surface area (Å²) in [7, 11) is 2.07. The number of rotatable bonds is 2. The number of Topliss-reactive ketones (excluding diaryl/α,β-unsaturated/α-hetero) is 1. The van der Waals surface area contributed by atoms with Gasteiger partial charge in [-0.3, -0.25) is 4.79 Å². The van der Waals surface area contributed by atoms with Gasteiger partial charge in [-0.1, -0.05) is 18.2 Å². The highest BCUT2D eigenvalue weighted by molar-refractivity contribution is 8.00. The maximum absolute atomic E-state index is 11.7. The summed E-state index contributed by atoms with van der Waals surface area (Å²) in [6.45, 7) is 1.78. The van der Waals surface area contributed by atoms with Crippen molar-refractivity contribution >= 4 is 17.5 Å². The number of likely N-dealkylation sites (tertiary alicyclic amines) is 1. The van der Waals surface area contributed by atoms with Gasteiger partial charge in [-0.2, -0.15) is 0 Å². The summed E-state index contributed by atoms with van der Waals surface area (Å²) in [6, 6.07) is 10.1. The minimum absolute atomic E-state index is 0.117. The van der Waals surface area contributed by atoms with Gasteiger partial charge in [-0.05, 0) is 19.2 Å². The average Bonchev–Trinajstić information content (AvgIpc) is 2.25. The topological polar surface area (TPSA) is 20.3 Å². The second kappa shape index (κ2) is 4.81. The molecule has 15 heavy (non-hydrogen) atoms. The van der Waals surface area contributed by atoms with Crippen molar-refractivity contribution in [3.63, 3.8) is 0 Å². The number of hydrogen-bond donors (Lipinski definition) is 0. The summed E-state index contributed by atoms with van der Waals surface area (Å²) >= 11 is 1.69. The van der Waals surface area contributed by atoms with Crippen molar-refractivity contribution in [3.05, 3.63) is 30.3 Å². The molecule has 2 rings (SSSR count). The van der Waals surface area contributed by atoms with Gasteiger partial charge in [-0.15, -0.1) is 11.8 Å². The fourth-order valence-electron chi connectivity index (χ4n) is 1.70. The first-order chi connectivity index (χ1) is 7.25. The highest BCUT2D eigenvalue weighted by Crippen LogP contribution is 2.26. The molecule has 1 aromatic rings. The molecule has 0 bridgehead atoms. The number of nitrogens with zero attached hydrogens (tertiary/aromatic N) is 1. The van der Waals surface area contributed by atoms with Crippen LogP contribution >= 0.6 is 11.8 Å². The van der Waals surface area contributed by atoms with Gasteiger partial charge in [0.1, 0.15) is 5.78 Å². The first-order valence-electron chi connectivity index (χ1n) is 5.18. The van der Waals surface area contributed by atoms with Crippen LogP contribution in [0.5, 0.6) is 0 Å². The molecule has 1 heterocycles. The Balaban J connectivity index is 2.01. The Morgan fingerprint density at radius 3 is 2.80 bits per heavy atom. The summed E-state index contributed by atoms with van der Waals surface area (Å²) in [5.74, 6) is 0.391. The molecule has 2 nitrogen and oxygen atoms in total. The van der Waals surface area contributed by atoms with Crippen LogP contribution in [0, 0.1) is 0 Å². The van der Waals surface area contributed by atoms with Gasteiger partial charge in [0.25, 0.3) is 0 Å². The van der Waals surface area contributed by atoms with E-state index in [9.17, 15) is 4.79 Å². The fourth-order valence-corrected chi connectivity index (χ4v) is 2.93. The normalized spacial score (nSPS) is 23.0. The Labute approximate surface area is 94.7 Å². The van der Waals surface area contributed by atoms with Crippen molar-refractivity contribution in [1.29, 1.82) is 0 Å². The number of benzene rings is 1. The summed E-state index contributed by atoms with van der Waals surface area (Å²) in [6.07, 6.45) is 0.695. The quantitative estimate of drug-likeness (QED) is 0.762. The van der Waals surface area contributed by atoms with Gasteiger partial charge in [0.05, 0.1) is 5.25 Å².